The Kier molecular flexibility index (Phi) is 6.04. The van der Waals surface area contributed by atoms with Crippen molar-refractivity contribution in [1.29, 1.82) is 0 Å². The second-order valence-corrected chi connectivity index (χ2v) is 5.97. The van der Waals surface area contributed by atoms with Crippen LogP contribution < -0.4 is 5.32 Å². The number of rotatable bonds is 6. The van der Waals surface area contributed by atoms with E-state index in [2.05, 4.69) is 5.32 Å². The quantitative estimate of drug-likeness (QED) is 0.807. The molecule has 0 bridgehead atoms. The van der Waals surface area contributed by atoms with Crippen LogP contribution in [-0.4, -0.2) is 13.6 Å². The highest BCUT2D eigenvalue weighted by atomic mass is 35.5. The molecule has 2 aromatic carbocycles. The van der Waals surface area contributed by atoms with Crippen LogP contribution in [0.2, 0.25) is 10.0 Å². The molecule has 2 rings (SSSR count). The number of hydrogen-bond donors (Lipinski definition) is 1. The molecule has 0 spiro atoms. The van der Waals surface area contributed by atoms with Crippen LogP contribution in [0.5, 0.6) is 0 Å². The van der Waals surface area contributed by atoms with Gasteiger partial charge in [0, 0.05) is 10.0 Å². The van der Waals surface area contributed by atoms with Gasteiger partial charge in [0.05, 0.1) is 0 Å². The molecule has 21 heavy (non-hydrogen) atoms. The largest absolute Gasteiger partial charge is 0.319 e. The smallest absolute Gasteiger partial charge is 0.123 e. The van der Waals surface area contributed by atoms with Gasteiger partial charge >= 0.3 is 0 Å². The van der Waals surface area contributed by atoms with Gasteiger partial charge in [-0.3, -0.25) is 0 Å². The lowest BCUT2D eigenvalue weighted by atomic mass is 9.92. The molecule has 0 amide bonds. The van der Waals surface area contributed by atoms with Crippen molar-refractivity contribution in [3.63, 3.8) is 0 Å². The molecular weight excluding hydrogens is 308 g/mol. The highest BCUT2D eigenvalue weighted by Crippen LogP contribution is 2.24. The Morgan fingerprint density at radius 2 is 1.67 bits per heavy atom. The summed E-state index contributed by atoms with van der Waals surface area (Å²) in [6.07, 6.45) is 1.54. The van der Waals surface area contributed by atoms with Gasteiger partial charge in [0.1, 0.15) is 5.82 Å². The third-order valence-electron chi connectivity index (χ3n) is 3.48. The van der Waals surface area contributed by atoms with Crippen molar-refractivity contribution in [2.75, 3.05) is 13.6 Å². The highest BCUT2D eigenvalue weighted by molar-refractivity contribution is 6.31. The Morgan fingerprint density at radius 3 is 2.38 bits per heavy atom. The fourth-order valence-corrected chi connectivity index (χ4v) is 2.90. The van der Waals surface area contributed by atoms with Gasteiger partial charge in [-0.05, 0) is 67.7 Å². The van der Waals surface area contributed by atoms with Crippen LogP contribution in [0.1, 0.15) is 11.1 Å². The van der Waals surface area contributed by atoms with E-state index in [-0.39, 0.29) is 5.82 Å². The molecule has 4 heteroatoms. The lowest BCUT2D eigenvalue weighted by Crippen LogP contribution is -2.23. The van der Waals surface area contributed by atoms with E-state index in [9.17, 15) is 4.39 Å². The Morgan fingerprint density at radius 1 is 1.00 bits per heavy atom. The van der Waals surface area contributed by atoms with Crippen molar-refractivity contribution in [2.45, 2.75) is 12.8 Å². The minimum Gasteiger partial charge on any atom is -0.319 e. The summed E-state index contributed by atoms with van der Waals surface area (Å²) in [6, 6.07) is 12.3. The van der Waals surface area contributed by atoms with Crippen LogP contribution in [-0.2, 0) is 12.8 Å². The molecule has 1 N–H and O–H groups in total. The van der Waals surface area contributed by atoms with Gasteiger partial charge in [0.25, 0.3) is 0 Å². The standard InChI is InChI=1S/C17H18Cl2FN/c1-21-11-12(8-13-4-2-3-5-16(13)18)9-14-10-15(20)6-7-17(14)19/h2-7,10,12,21H,8-9,11H2,1H3. The van der Waals surface area contributed by atoms with E-state index >= 15 is 0 Å². The summed E-state index contributed by atoms with van der Waals surface area (Å²) in [7, 11) is 1.91. The predicted octanol–water partition coefficient (Wildman–Crippen LogP) is 4.75. The van der Waals surface area contributed by atoms with E-state index < -0.39 is 0 Å². The fourth-order valence-electron chi connectivity index (χ4n) is 2.49. The molecule has 2 aromatic rings. The number of nitrogens with one attached hydrogen (secondary N) is 1. The van der Waals surface area contributed by atoms with E-state index in [4.69, 9.17) is 23.2 Å². The second-order valence-electron chi connectivity index (χ2n) is 5.16. The summed E-state index contributed by atoms with van der Waals surface area (Å²) >= 11 is 12.4. The molecule has 0 fully saturated rings. The second kappa shape index (κ2) is 7.79. The first-order chi connectivity index (χ1) is 10.1. The lowest BCUT2D eigenvalue weighted by Gasteiger charge is -2.18. The maximum absolute atomic E-state index is 13.4. The first-order valence-electron chi connectivity index (χ1n) is 6.92. The zero-order valence-corrected chi connectivity index (χ0v) is 13.4. The molecule has 0 heterocycles. The first kappa shape index (κ1) is 16.3. The van der Waals surface area contributed by atoms with Crippen LogP contribution in [0, 0.1) is 11.7 Å². The number of hydrogen-bond acceptors (Lipinski definition) is 1. The van der Waals surface area contributed by atoms with Crippen LogP contribution >= 0.6 is 23.2 Å². The monoisotopic (exact) mass is 325 g/mol. The molecule has 1 nitrogen and oxygen atoms in total. The fraction of sp³-hybridized carbons (Fsp3) is 0.294. The topological polar surface area (TPSA) is 12.0 Å². The van der Waals surface area contributed by atoms with E-state index in [1.54, 1.807) is 6.07 Å². The molecule has 0 saturated heterocycles. The first-order valence-corrected chi connectivity index (χ1v) is 7.67. The van der Waals surface area contributed by atoms with Crippen LogP contribution in [0.4, 0.5) is 4.39 Å². The van der Waals surface area contributed by atoms with E-state index in [1.807, 2.05) is 31.3 Å². The molecule has 112 valence electrons. The molecule has 0 radical (unpaired) electrons. The van der Waals surface area contributed by atoms with E-state index in [0.717, 1.165) is 29.1 Å². The molecule has 0 aliphatic rings. The van der Waals surface area contributed by atoms with Crippen molar-refractivity contribution < 1.29 is 4.39 Å². The predicted molar refractivity (Wildman–Crippen MR) is 87.7 cm³/mol. The zero-order chi connectivity index (χ0) is 15.2. The van der Waals surface area contributed by atoms with Crippen LogP contribution in [0.15, 0.2) is 42.5 Å². The van der Waals surface area contributed by atoms with Gasteiger partial charge in [-0.25, -0.2) is 4.39 Å². The van der Waals surface area contributed by atoms with Crippen molar-refractivity contribution >= 4 is 23.2 Å². The number of halogens is 3. The summed E-state index contributed by atoms with van der Waals surface area (Å²) in [6.45, 7) is 0.818. The SMILES string of the molecule is CNCC(Cc1ccccc1Cl)Cc1cc(F)ccc1Cl. The molecule has 0 aliphatic carbocycles. The van der Waals surface area contributed by atoms with E-state index in [0.29, 0.717) is 17.4 Å². The molecule has 0 aromatic heterocycles. The Bertz CT molecular complexity index is 601. The average Bonchev–Trinajstić information content (AvgIpc) is 2.45. The summed E-state index contributed by atoms with van der Waals surface area (Å²) in [5.41, 5.74) is 1.94. The van der Waals surface area contributed by atoms with Crippen LogP contribution in [0.25, 0.3) is 0 Å². The minimum atomic E-state index is -0.254. The van der Waals surface area contributed by atoms with Gasteiger partial charge in [-0.1, -0.05) is 41.4 Å². The molecule has 1 unspecified atom stereocenters. The molecule has 0 aliphatic heterocycles. The van der Waals surface area contributed by atoms with Gasteiger partial charge in [0.2, 0.25) is 0 Å². The van der Waals surface area contributed by atoms with E-state index in [1.165, 1.54) is 12.1 Å². The van der Waals surface area contributed by atoms with Gasteiger partial charge in [0.15, 0.2) is 0 Å². The van der Waals surface area contributed by atoms with Gasteiger partial charge in [-0.2, -0.15) is 0 Å². The maximum atomic E-state index is 13.4. The third kappa shape index (κ3) is 4.70. The van der Waals surface area contributed by atoms with Crippen LogP contribution in [0.3, 0.4) is 0 Å². The third-order valence-corrected chi connectivity index (χ3v) is 4.21. The molecular formula is C17H18Cl2FN. The Hall–Kier alpha value is -1.09. The summed E-state index contributed by atoms with van der Waals surface area (Å²) in [5.74, 6) is 0.0459. The summed E-state index contributed by atoms with van der Waals surface area (Å²) in [5, 5.41) is 4.56. The summed E-state index contributed by atoms with van der Waals surface area (Å²) in [4.78, 5) is 0. The minimum absolute atomic E-state index is 0.254. The van der Waals surface area contributed by atoms with Gasteiger partial charge in [-0.15, -0.1) is 0 Å². The molecule has 0 saturated carbocycles. The Labute approximate surface area is 135 Å². The maximum Gasteiger partial charge on any atom is 0.123 e. The van der Waals surface area contributed by atoms with Crippen molar-refractivity contribution in [2.24, 2.45) is 5.92 Å². The Balaban J connectivity index is 2.16. The average molecular weight is 326 g/mol. The number of benzene rings is 2. The van der Waals surface area contributed by atoms with Crippen molar-refractivity contribution in [1.82, 2.24) is 5.32 Å². The van der Waals surface area contributed by atoms with Crippen molar-refractivity contribution in [3.05, 3.63) is 69.5 Å². The van der Waals surface area contributed by atoms with Gasteiger partial charge < -0.3 is 5.32 Å². The highest BCUT2D eigenvalue weighted by Gasteiger charge is 2.14. The van der Waals surface area contributed by atoms with Crippen molar-refractivity contribution in [3.8, 4) is 0 Å². The lowest BCUT2D eigenvalue weighted by molar-refractivity contribution is 0.492. The molecule has 1 atom stereocenters. The zero-order valence-electron chi connectivity index (χ0n) is 11.9. The summed E-state index contributed by atoms with van der Waals surface area (Å²) < 4.78 is 13.4. The normalized spacial score (nSPS) is 12.4.